The second-order valence-corrected chi connectivity index (χ2v) is 6.55. The van der Waals surface area contributed by atoms with E-state index in [9.17, 15) is 4.79 Å². The topological polar surface area (TPSA) is 79.5 Å². The van der Waals surface area contributed by atoms with Crippen LogP contribution in [0.3, 0.4) is 0 Å². The number of nitrogens with one attached hydrogen (secondary N) is 2. The highest BCUT2D eigenvalue weighted by atomic mass is 16.6. The number of ether oxygens (including phenoxy) is 2. The molecule has 7 nitrogen and oxygen atoms in total. The van der Waals surface area contributed by atoms with E-state index in [4.69, 9.17) is 9.47 Å². The smallest absolute Gasteiger partial charge is 0.410 e. The summed E-state index contributed by atoms with van der Waals surface area (Å²) < 4.78 is 10.5. The van der Waals surface area contributed by atoms with Gasteiger partial charge < -0.3 is 19.7 Å². The molecule has 0 atom stereocenters. The van der Waals surface area contributed by atoms with Crippen LogP contribution in [0.1, 0.15) is 37.7 Å². The molecule has 0 aliphatic carbocycles. The molecule has 2 N–H and O–H groups in total. The summed E-state index contributed by atoms with van der Waals surface area (Å²) in [5, 5.41) is 10.5. The fourth-order valence-electron chi connectivity index (χ4n) is 2.08. The number of rotatable bonds is 8. The molecule has 7 heteroatoms. The van der Waals surface area contributed by atoms with Crippen LogP contribution in [0.15, 0.2) is 0 Å². The maximum Gasteiger partial charge on any atom is 0.410 e. The van der Waals surface area contributed by atoms with Gasteiger partial charge in [0.15, 0.2) is 0 Å². The van der Waals surface area contributed by atoms with E-state index in [1.807, 2.05) is 34.6 Å². The van der Waals surface area contributed by atoms with Crippen molar-refractivity contribution < 1.29 is 14.3 Å². The number of carbonyl (C=O) groups is 1. The van der Waals surface area contributed by atoms with Crippen LogP contribution in [0, 0.1) is 13.8 Å². The van der Waals surface area contributed by atoms with Crippen LogP contribution >= 0.6 is 0 Å². The van der Waals surface area contributed by atoms with Gasteiger partial charge in [-0.15, -0.1) is 0 Å². The molecule has 1 aromatic rings. The Morgan fingerprint density at radius 3 is 2.52 bits per heavy atom. The fourth-order valence-corrected chi connectivity index (χ4v) is 2.08. The monoisotopic (exact) mass is 326 g/mol. The van der Waals surface area contributed by atoms with E-state index >= 15 is 0 Å². The van der Waals surface area contributed by atoms with Crippen LogP contribution in [0.5, 0.6) is 0 Å². The average molecular weight is 326 g/mol. The van der Waals surface area contributed by atoms with Gasteiger partial charge in [0.05, 0.1) is 12.3 Å². The molecule has 0 aromatic carbocycles. The van der Waals surface area contributed by atoms with E-state index in [-0.39, 0.29) is 6.09 Å². The second-order valence-electron chi connectivity index (χ2n) is 6.55. The van der Waals surface area contributed by atoms with Crippen LogP contribution in [0.2, 0.25) is 0 Å². The highest BCUT2D eigenvalue weighted by Gasteiger charge is 2.21. The van der Waals surface area contributed by atoms with Crippen molar-refractivity contribution in [3.8, 4) is 0 Å². The van der Waals surface area contributed by atoms with Crippen molar-refractivity contribution in [2.45, 2.75) is 46.8 Å². The number of aryl methyl sites for hydroxylation is 2. The van der Waals surface area contributed by atoms with Gasteiger partial charge in [0.2, 0.25) is 0 Å². The SMILES string of the molecule is COCCN(CCNCc1c(C)n[nH]c1C)C(=O)OC(C)(C)C. The number of aromatic nitrogens is 2. The molecule has 1 amide bonds. The summed E-state index contributed by atoms with van der Waals surface area (Å²) in [5.74, 6) is 0. The number of hydrogen-bond acceptors (Lipinski definition) is 5. The number of aromatic amines is 1. The van der Waals surface area contributed by atoms with Crippen molar-refractivity contribution in [3.05, 3.63) is 17.0 Å². The zero-order chi connectivity index (χ0) is 17.5. The predicted molar refractivity (Wildman–Crippen MR) is 89.5 cm³/mol. The Morgan fingerprint density at radius 1 is 1.30 bits per heavy atom. The third kappa shape index (κ3) is 7.00. The number of hydrogen-bond donors (Lipinski definition) is 2. The van der Waals surface area contributed by atoms with Crippen molar-refractivity contribution in [1.29, 1.82) is 0 Å². The summed E-state index contributed by atoms with van der Waals surface area (Å²) in [5.41, 5.74) is 2.74. The minimum absolute atomic E-state index is 0.313. The molecule has 0 bridgehead atoms. The Morgan fingerprint density at radius 2 is 2.00 bits per heavy atom. The first-order chi connectivity index (χ1) is 10.7. The van der Waals surface area contributed by atoms with Crippen molar-refractivity contribution in [1.82, 2.24) is 20.4 Å². The van der Waals surface area contributed by atoms with Gasteiger partial charge in [0, 0.05) is 44.5 Å². The molecule has 1 heterocycles. The van der Waals surface area contributed by atoms with Gasteiger partial charge in [-0.25, -0.2) is 4.79 Å². The second kappa shape index (κ2) is 8.88. The standard InChI is InChI=1S/C16H30N4O3/c1-12-14(13(2)19-18-12)11-17-7-8-20(9-10-22-6)15(21)23-16(3,4)5/h17H,7-11H2,1-6H3,(H,18,19). The van der Waals surface area contributed by atoms with Gasteiger partial charge in [0.1, 0.15) is 5.60 Å². The summed E-state index contributed by atoms with van der Waals surface area (Å²) in [6.45, 7) is 12.5. The minimum atomic E-state index is -0.499. The first-order valence-corrected chi connectivity index (χ1v) is 7.92. The molecule has 0 unspecified atom stereocenters. The Hall–Kier alpha value is -1.60. The quantitative estimate of drug-likeness (QED) is 0.714. The lowest BCUT2D eigenvalue weighted by molar-refractivity contribution is 0.0204. The maximum absolute atomic E-state index is 12.2. The molecule has 0 aliphatic rings. The van der Waals surface area contributed by atoms with Crippen molar-refractivity contribution in [3.63, 3.8) is 0 Å². The normalized spacial score (nSPS) is 11.6. The Bertz CT molecular complexity index is 475. The van der Waals surface area contributed by atoms with Crippen LogP contribution < -0.4 is 5.32 Å². The third-order valence-corrected chi connectivity index (χ3v) is 3.36. The molecule has 1 rings (SSSR count). The van der Waals surface area contributed by atoms with Crippen LogP contribution in [0.4, 0.5) is 4.79 Å². The van der Waals surface area contributed by atoms with Gasteiger partial charge in [-0.3, -0.25) is 5.10 Å². The van der Waals surface area contributed by atoms with E-state index in [1.165, 1.54) is 5.56 Å². The van der Waals surface area contributed by atoms with E-state index in [0.717, 1.165) is 17.9 Å². The summed E-state index contributed by atoms with van der Waals surface area (Å²) in [6, 6.07) is 0. The summed E-state index contributed by atoms with van der Waals surface area (Å²) in [7, 11) is 1.62. The Labute approximate surface area is 138 Å². The van der Waals surface area contributed by atoms with Crippen LogP contribution in [0.25, 0.3) is 0 Å². The Balaban J connectivity index is 2.46. The zero-order valence-electron chi connectivity index (χ0n) is 15.2. The first-order valence-electron chi connectivity index (χ1n) is 7.92. The number of H-pyrrole nitrogens is 1. The van der Waals surface area contributed by atoms with Crippen molar-refractivity contribution in [2.24, 2.45) is 0 Å². The molecule has 0 aliphatic heterocycles. The molecule has 0 spiro atoms. The van der Waals surface area contributed by atoms with E-state index < -0.39 is 5.60 Å². The van der Waals surface area contributed by atoms with Gasteiger partial charge in [-0.1, -0.05) is 0 Å². The first kappa shape index (κ1) is 19.4. The predicted octanol–water partition coefficient (Wildman–Crippen LogP) is 2.00. The summed E-state index contributed by atoms with van der Waals surface area (Å²) >= 11 is 0. The summed E-state index contributed by atoms with van der Waals surface area (Å²) in [4.78, 5) is 13.9. The number of methoxy groups -OCH3 is 1. The maximum atomic E-state index is 12.2. The third-order valence-electron chi connectivity index (χ3n) is 3.36. The Kier molecular flexibility index (Phi) is 7.51. The van der Waals surface area contributed by atoms with Crippen LogP contribution in [-0.2, 0) is 16.0 Å². The number of amides is 1. The molecular formula is C16H30N4O3. The highest BCUT2D eigenvalue weighted by Crippen LogP contribution is 2.10. The number of carbonyl (C=O) groups excluding carboxylic acids is 1. The van der Waals surface area contributed by atoms with E-state index in [0.29, 0.717) is 26.2 Å². The molecule has 1 aromatic heterocycles. The molecule has 23 heavy (non-hydrogen) atoms. The zero-order valence-corrected chi connectivity index (χ0v) is 15.2. The van der Waals surface area contributed by atoms with Crippen LogP contribution in [-0.4, -0.2) is 60.1 Å². The van der Waals surface area contributed by atoms with Gasteiger partial charge >= 0.3 is 6.09 Å². The average Bonchev–Trinajstić information content (AvgIpc) is 2.75. The highest BCUT2D eigenvalue weighted by molar-refractivity contribution is 5.68. The summed E-state index contributed by atoms with van der Waals surface area (Å²) in [6.07, 6.45) is -0.313. The lowest BCUT2D eigenvalue weighted by atomic mass is 10.2. The van der Waals surface area contributed by atoms with Crippen molar-refractivity contribution in [2.75, 3.05) is 33.4 Å². The van der Waals surface area contributed by atoms with Gasteiger partial charge in [-0.05, 0) is 34.6 Å². The molecule has 0 radical (unpaired) electrons. The molecule has 0 saturated carbocycles. The molecular weight excluding hydrogens is 296 g/mol. The molecule has 132 valence electrons. The van der Waals surface area contributed by atoms with E-state index in [1.54, 1.807) is 12.0 Å². The lowest BCUT2D eigenvalue weighted by Crippen LogP contribution is -2.42. The molecule has 0 saturated heterocycles. The van der Waals surface area contributed by atoms with Crippen molar-refractivity contribution >= 4 is 6.09 Å². The minimum Gasteiger partial charge on any atom is -0.444 e. The van der Waals surface area contributed by atoms with Gasteiger partial charge in [-0.2, -0.15) is 5.10 Å². The van der Waals surface area contributed by atoms with E-state index in [2.05, 4.69) is 15.5 Å². The lowest BCUT2D eigenvalue weighted by Gasteiger charge is -2.27. The van der Waals surface area contributed by atoms with Gasteiger partial charge in [0.25, 0.3) is 0 Å². The number of nitrogens with zero attached hydrogens (tertiary/aromatic N) is 2. The molecule has 0 fully saturated rings. The fraction of sp³-hybridized carbons (Fsp3) is 0.750. The largest absolute Gasteiger partial charge is 0.444 e.